The van der Waals surface area contributed by atoms with E-state index in [2.05, 4.69) is 108 Å². The van der Waals surface area contributed by atoms with Crippen LogP contribution in [0, 0.1) is 12.0 Å². The minimum atomic E-state index is -2.31. The second kappa shape index (κ2) is 8.38. The minimum absolute atomic E-state index is 0.557. The van der Waals surface area contributed by atoms with Crippen LogP contribution in [0.5, 0.6) is 0 Å². The molecule has 3 aromatic carbocycles. The summed E-state index contributed by atoms with van der Waals surface area (Å²) in [5, 5.41) is 4.77. The van der Waals surface area contributed by atoms with Crippen LogP contribution in [0.3, 0.4) is 0 Å². The van der Waals surface area contributed by atoms with E-state index in [0.717, 1.165) is 34.4 Å². The first kappa shape index (κ1) is 23.1. The molecule has 36 heavy (non-hydrogen) atoms. The molecule has 4 heteroatoms. The molecule has 0 unspecified atom stereocenters. The molecule has 0 bridgehead atoms. The Kier molecular flexibility index (Phi) is 5.38. The standard InChI is InChI=1S/C32H32GeN2O/c1-20(2)16-21-17-25-24-12-9-15-34-32(24)36-31(25)26(18-21)29-19-27(33(3,4)5)30-23-11-8-7-10-22(23)13-14-28(30)35(29)6/h7-15,17-20H,6,16H2,1-5H3. The fourth-order valence-corrected chi connectivity index (χ4v) is 8.87. The van der Waals surface area contributed by atoms with E-state index in [0.29, 0.717) is 11.6 Å². The second-order valence-corrected chi connectivity index (χ2v) is 21.9. The third kappa shape index (κ3) is 3.69. The van der Waals surface area contributed by atoms with Crippen molar-refractivity contribution in [3.63, 3.8) is 0 Å². The topological polar surface area (TPSA) is 27.2 Å². The van der Waals surface area contributed by atoms with Gasteiger partial charge in [0.2, 0.25) is 0 Å². The number of pyridine rings is 1. The van der Waals surface area contributed by atoms with Crippen LogP contribution in [-0.2, 0) is 6.42 Å². The molecular formula is C32H32GeN2O. The molecule has 0 N–H and O–H groups in total. The van der Waals surface area contributed by atoms with Crippen LogP contribution in [0.2, 0.25) is 17.3 Å². The predicted molar refractivity (Wildman–Crippen MR) is 155 cm³/mol. The molecule has 0 aliphatic carbocycles. The van der Waals surface area contributed by atoms with Gasteiger partial charge in [-0.2, -0.15) is 0 Å². The molecule has 3 heterocycles. The van der Waals surface area contributed by atoms with Crippen LogP contribution in [-0.4, -0.2) is 29.5 Å². The molecule has 0 atom stereocenters. The quantitative estimate of drug-likeness (QED) is 0.100. The van der Waals surface area contributed by atoms with Crippen LogP contribution in [0.25, 0.3) is 37.2 Å². The van der Waals surface area contributed by atoms with Crippen molar-refractivity contribution >= 4 is 62.9 Å². The monoisotopic (exact) mass is 534 g/mol. The molecular weight excluding hydrogens is 501 g/mol. The average Bonchev–Trinajstić information content (AvgIpc) is 3.21. The van der Waals surface area contributed by atoms with Crippen LogP contribution in [0.4, 0.5) is 5.69 Å². The van der Waals surface area contributed by atoms with E-state index in [9.17, 15) is 0 Å². The van der Waals surface area contributed by atoms with Gasteiger partial charge in [0.25, 0.3) is 0 Å². The number of hydrogen-bond donors (Lipinski definition) is 0. The number of nitrogens with zero attached hydrogens (tertiary/aromatic N) is 2. The summed E-state index contributed by atoms with van der Waals surface area (Å²) in [5.74, 6) is 7.98. The Morgan fingerprint density at radius 1 is 1.00 bits per heavy atom. The molecule has 0 saturated carbocycles. The van der Waals surface area contributed by atoms with E-state index in [1.54, 1.807) is 6.20 Å². The molecule has 180 valence electrons. The number of rotatable bonds is 4. The van der Waals surface area contributed by atoms with Crippen molar-refractivity contribution < 1.29 is 8.99 Å². The zero-order valence-corrected chi connectivity index (χ0v) is 23.8. The van der Waals surface area contributed by atoms with Crippen LogP contribution >= 0.6 is 0 Å². The van der Waals surface area contributed by atoms with Gasteiger partial charge in [0.15, 0.2) is 0 Å². The molecule has 6 rings (SSSR count). The van der Waals surface area contributed by atoms with Crippen LogP contribution in [0.15, 0.2) is 77.4 Å². The van der Waals surface area contributed by atoms with Crippen molar-refractivity contribution in [1.29, 1.82) is 0 Å². The van der Waals surface area contributed by atoms with Crippen molar-refractivity contribution in [3.8, 4) is 0 Å². The summed E-state index contributed by atoms with van der Waals surface area (Å²) in [6.07, 6.45) is 5.22. The normalized spacial score (nSPS) is 14.2. The van der Waals surface area contributed by atoms with Gasteiger partial charge in [-0.1, -0.05) is 0 Å². The fraction of sp³-hybridized carbons (Fsp3) is 0.219. The maximum atomic E-state index is 6.42. The Morgan fingerprint density at radius 2 is 1.81 bits per heavy atom. The summed E-state index contributed by atoms with van der Waals surface area (Å²) in [4.78, 5) is 4.53. The zero-order chi connectivity index (χ0) is 25.2. The van der Waals surface area contributed by atoms with Crippen molar-refractivity contribution in [2.45, 2.75) is 37.5 Å². The molecule has 0 spiro atoms. The number of hydrogen-bond acceptors (Lipinski definition) is 1. The van der Waals surface area contributed by atoms with Crippen molar-refractivity contribution in [2.24, 2.45) is 5.92 Å². The third-order valence-corrected chi connectivity index (χ3v) is 11.4. The van der Waals surface area contributed by atoms with E-state index in [-0.39, 0.29) is 0 Å². The Bertz CT molecular complexity index is 1700. The van der Waals surface area contributed by atoms with E-state index >= 15 is 0 Å². The van der Waals surface area contributed by atoms with Gasteiger partial charge in [-0.15, -0.1) is 0 Å². The van der Waals surface area contributed by atoms with Crippen molar-refractivity contribution in [1.82, 2.24) is 4.98 Å². The Labute approximate surface area is 215 Å². The average molecular weight is 533 g/mol. The fourth-order valence-electron chi connectivity index (χ4n) is 5.55. The predicted octanol–water partition coefficient (Wildman–Crippen LogP) is 8.53. The van der Waals surface area contributed by atoms with Crippen molar-refractivity contribution in [3.05, 3.63) is 95.7 Å². The van der Waals surface area contributed by atoms with Gasteiger partial charge < -0.3 is 0 Å². The Balaban J connectivity index is 1.66. The van der Waals surface area contributed by atoms with Gasteiger partial charge in [-0.25, -0.2) is 0 Å². The number of furan rings is 1. The SMILES string of the molecule is C=[N+]1c2ccc3ccccc3c2[C]([Ge]([CH3])([CH3])[CH3])=C[C-]1c1cc(CC(C)C)cc2c1[o+][c-]1ncccc21. The van der Waals surface area contributed by atoms with E-state index in [1.165, 1.54) is 32.0 Å². The zero-order valence-electron chi connectivity index (χ0n) is 21.7. The first-order valence-electron chi connectivity index (χ1n) is 12.7. The van der Waals surface area contributed by atoms with E-state index in [4.69, 9.17) is 4.42 Å². The maximum absolute atomic E-state index is 6.42. The molecule has 1 aliphatic rings. The number of aromatic nitrogens is 1. The summed E-state index contributed by atoms with van der Waals surface area (Å²) in [6.45, 7) is 9.13. The Hall–Kier alpha value is -3.31. The molecule has 5 aromatic rings. The molecule has 0 saturated heterocycles. The van der Waals surface area contributed by atoms with Gasteiger partial charge in [0.1, 0.15) is 0 Å². The van der Waals surface area contributed by atoms with Gasteiger partial charge in [0.05, 0.1) is 0 Å². The molecule has 0 radical (unpaired) electrons. The summed E-state index contributed by atoms with van der Waals surface area (Å²) in [6, 6.07) is 23.0. The van der Waals surface area contributed by atoms with E-state index < -0.39 is 13.3 Å². The molecule has 1 aliphatic heterocycles. The first-order valence-corrected chi connectivity index (χ1v) is 20.1. The molecule has 0 fully saturated rings. The van der Waals surface area contributed by atoms with E-state index in [1.807, 2.05) is 6.07 Å². The van der Waals surface area contributed by atoms with Gasteiger partial charge >= 0.3 is 216 Å². The van der Waals surface area contributed by atoms with Gasteiger partial charge in [0, 0.05) is 0 Å². The molecule has 2 aromatic heterocycles. The van der Waals surface area contributed by atoms with Crippen molar-refractivity contribution in [2.75, 3.05) is 0 Å². The third-order valence-electron chi connectivity index (χ3n) is 7.18. The molecule has 0 amide bonds. The van der Waals surface area contributed by atoms with Gasteiger partial charge in [-0.05, 0) is 0 Å². The first-order chi connectivity index (χ1) is 17.2. The summed E-state index contributed by atoms with van der Waals surface area (Å²) in [7, 11) is 0. The van der Waals surface area contributed by atoms with Crippen LogP contribution in [0.1, 0.15) is 30.5 Å². The second-order valence-electron chi connectivity index (χ2n) is 11.4. The Morgan fingerprint density at radius 3 is 2.58 bits per heavy atom. The number of benzene rings is 3. The molecule has 3 nitrogen and oxygen atoms in total. The summed E-state index contributed by atoms with van der Waals surface area (Å²) in [5.41, 5.74) is 6.50. The van der Waals surface area contributed by atoms with Gasteiger partial charge in [-0.3, -0.25) is 0 Å². The number of fused-ring (bicyclic) bond motifs is 6. The summed E-state index contributed by atoms with van der Waals surface area (Å²) < 4.78 is 10.0. The summed E-state index contributed by atoms with van der Waals surface area (Å²) >= 11 is -2.31. The van der Waals surface area contributed by atoms with Crippen LogP contribution < -0.4 is 0 Å².